The summed E-state index contributed by atoms with van der Waals surface area (Å²) in [5, 5.41) is 22.7. The number of carbonyl (C=O) groups excluding carboxylic acids is 2. The van der Waals surface area contributed by atoms with E-state index in [1.807, 2.05) is 20.8 Å². The molecule has 0 spiro atoms. The Bertz CT molecular complexity index is 343. The molecule has 3 N–H and O–H groups in total. The lowest BCUT2D eigenvalue weighted by molar-refractivity contribution is -0.136. The Kier molecular flexibility index (Phi) is 6.14. The highest BCUT2D eigenvalue weighted by Crippen LogP contribution is 2.39. The van der Waals surface area contributed by atoms with Crippen LogP contribution in [0, 0.1) is 23.7 Å². The zero-order valence-corrected chi connectivity index (χ0v) is 12.7. The quantitative estimate of drug-likeness (QED) is 0.650. The van der Waals surface area contributed by atoms with Crippen LogP contribution in [0.15, 0.2) is 0 Å². The molecule has 1 amide bonds. The predicted molar refractivity (Wildman–Crippen MR) is 75.9 cm³/mol. The van der Waals surface area contributed by atoms with Crippen LogP contribution < -0.4 is 5.32 Å². The van der Waals surface area contributed by atoms with E-state index < -0.39 is 18.1 Å². The van der Waals surface area contributed by atoms with Crippen LogP contribution in [-0.4, -0.2) is 40.7 Å². The van der Waals surface area contributed by atoms with Gasteiger partial charge in [-0.3, -0.25) is 4.79 Å². The Labute approximate surface area is 120 Å². The molecule has 1 aliphatic carbocycles. The molecule has 5 nitrogen and oxygen atoms in total. The fraction of sp³-hybridized carbons (Fsp3) is 0.867. The maximum absolute atomic E-state index is 12.3. The Morgan fingerprint density at radius 1 is 1.25 bits per heavy atom. The minimum absolute atomic E-state index is 0.0333. The van der Waals surface area contributed by atoms with Crippen LogP contribution in [0.3, 0.4) is 0 Å². The number of rotatable bonds is 5. The third-order valence-corrected chi connectivity index (χ3v) is 4.43. The summed E-state index contributed by atoms with van der Waals surface area (Å²) in [5.41, 5.74) is 0. The normalized spacial score (nSPS) is 33.5. The van der Waals surface area contributed by atoms with Gasteiger partial charge in [0.2, 0.25) is 5.91 Å². The number of aliphatic hydroxyl groups is 2. The molecule has 1 fully saturated rings. The molecule has 1 rings (SSSR count). The van der Waals surface area contributed by atoms with Crippen molar-refractivity contribution in [3.8, 4) is 0 Å². The second-order valence-corrected chi connectivity index (χ2v) is 6.37. The smallest absolute Gasteiger partial charge is 0.223 e. The van der Waals surface area contributed by atoms with Gasteiger partial charge in [-0.05, 0) is 45.4 Å². The molecule has 0 saturated heterocycles. The highest BCUT2D eigenvalue weighted by atomic mass is 16.3. The van der Waals surface area contributed by atoms with Crippen LogP contribution in [0.1, 0.15) is 40.5 Å². The third-order valence-electron chi connectivity index (χ3n) is 4.43. The zero-order chi connectivity index (χ0) is 15.4. The van der Waals surface area contributed by atoms with E-state index in [-0.39, 0.29) is 36.1 Å². The lowest BCUT2D eigenvalue weighted by Gasteiger charge is -2.40. The molecule has 0 aliphatic heterocycles. The minimum Gasteiger partial charge on any atom is -0.393 e. The van der Waals surface area contributed by atoms with E-state index in [0.29, 0.717) is 6.42 Å². The second-order valence-electron chi connectivity index (χ2n) is 6.37. The Hall–Kier alpha value is -0.940. The molecule has 0 aromatic rings. The maximum Gasteiger partial charge on any atom is 0.223 e. The number of hydrogen-bond donors (Lipinski definition) is 3. The molecule has 0 radical (unpaired) electrons. The summed E-state index contributed by atoms with van der Waals surface area (Å²) in [6.45, 7) is 7.37. The van der Waals surface area contributed by atoms with Crippen molar-refractivity contribution in [1.82, 2.24) is 5.32 Å². The number of carbonyl (C=O) groups is 2. The van der Waals surface area contributed by atoms with Gasteiger partial charge in [-0.2, -0.15) is 0 Å². The van der Waals surface area contributed by atoms with Crippen molar-refractivity contribution >= 4 is 12.2 Å². The highest BCUT2D eigenvalue weighted by molar-refractivity contribution is 5.79. The predicted octanol–water partition coefficient (Wildman–Crippen LogP) is 0.730. The van der Waals surface area contributed by atoms with Crippen molar-refractivity contribution in [1.29, 1.82) is 0 Å². The lowest BCUT2D eigenvalue weighted by atomic mass is 9.66. The van der Waals surface area contributed by atoms with Gasteiger partial charge in [-0.15, -0.1) is 0 Å². The van der Waals surface area contributed by atoms with E-state index in [9.17, 15) is 19.8 Å². The van der Waals surface area contributed by atoms with E-state index in [0.717, 1.165) is 6.29 Å². The van der Waals surface area contributed by atoms with Crippen LogP contribution in [0.5, 0.6) is 0 Å². The monoisotopic (exact) mass is 285 g/mol. The van der Waals surface area contributed by atoms with Crippen molar-refractivity contribution in [2.24, 2.45) is 23.7 Å². The minimum atomic E-state index is -0.770. The molecule has 0 heterocycles. The van der Waals surface area contributed by atoms with Crippen molar-refractivity contribution in [2.45, 2.75) is 58.8 Å². The largest absolute Gasteiger partial charge is 0.393 e. The first kappa shape index (κ1) is 17.1. The van der Waals surface area contributed by atoms with Crippen LogP contribution >= 0.6 is 0 Å². The van der Waals surface area contributed by atoms with Gasteiger partial charge in [0.05, 0.1) is 12.2 Å². The zero-order valence-electron chi connectivity index (χ0n) is 12.7. The van der Waals surface area contributed by atoms with Gasteiger partial charge in [0.1, 0.15) is 6.29 Å². The molecule has 5 heteroatoms. The van der Waals surface area contributed by atoms with Gasteiger partial charge in [0.25, 0.3) is 0 Å². The number of hydrogen-bond acceptors (Lipinski definition) is 4. The third kappa shape index (κ3) is 4.03. The van der Waals surface area contributed by atoms with Crippen LogP contribution in [0.4, 0.5) is 0 Å². The van der Waals surface area contributed by atoms with Crippen LogP contribution in [0.25, 0.3) is 0 Å². The highest BCUT2D eigenvalue weighted by Gasteiger charge is 2.43. The Morgan fingerprint density at radius 3 is 2.30 bits per heavy atom. The first-order chi connectivity index (χ1) is 9.27. The molecule has 0 aromatic heterocycles. The molecule has 0 aromatic carbocycles. The average molecular weight is 285 g/mol. The molecule has 1 aliphatic rings. The first-order valence-corrected chi connectivity index (χ1v) is 7.39. The molecular weight excluding hydrogens is 258 g/mol. The fourth-order valence-corrected chi connectivity index (χ4v) is 3.02. The van der Waals surface area contributed by atoms with Crippen molar-refractivity contribution in [3.05, 3.63) is 0 Å². The molecule has 20 heavy (non-hydrogen) atoms. The SMILES string of the molecule is CC(C)NC(=O)C1CC(O)C(C=O)CC1C(C)C(C)O. The topological polar surface area (TPSA) is 86.6 Å². The summed E-state index contributed by atoms with van der Waals surface area (Å²) in [6.07, 6.45) is 0.185. The van der Waals surface area contributed by atoms with Gasteiger partial charge in [0.15, 0.2) is 0 Å². The van der Waals surface area contributed by atoms with Gasteiger partial charge in [-0.25, -0.2) is 0 Å². The Balaban J connectivity index is 2.91. The molecular formula is C15H27NO4. The van der Waals surface area contributed by atoms with E-state index in [4.69, 9.17) is 0 Å². The Morgan fingerprint density at radius 2 is 1.85 bits per heavy atom. The number of nitrogens with one attached hydrogen (secondary N) is 1. The van der Waals surface area contributed by atoms with E-state index in [1.54, 1.807) is 6.92 Å². The van der Waals surface area contributed by atoms with Gasteiger partial charge < -0.3 is 20.3 Å². The van der Waals surface area contributed by atoms with Gasteiger partial charge >= 0.3 is 0 Å². The lowest BCUT2D eigenvalue weighted by Crippen LogP contribution is -2.48. The molecule has 6 atom stereocenters. The van der Waals surface area contributed by atoms with Gasteiger partial charge in [0, 0.05) is 17.9 Å². The van der Waals surface area contributed by atoms with Crippen LogP contribution in [-0.2, 0) is 9.59 Å². The molecule has 0 bridgehead atoms. The first-order valence-electron chi connectivity index (χ1n) is 7.39. The second kappa shape index (κ2) is 7.18. The maximum atomic E-state index is 12.3. The number of aliphatic hydroxyl groups excluding tert-OH is 2. The standard InChI is InChI=1S/C15H27NO4/c1-8(2)16-15(20)13-6-14(19)11(7-17)5-12(13)9(3)10(4)18/h7-14,18-19H,5-6H2,1-4H3,(H,16,20). The summed E-state index contributed by atoms with van der Waals surface area (Å²) >= 11 is 0. The summed E-state index contributed by atoms with van der Waals surface area (Å²) in [4.78, 5) is 23.3. The van der Waals surface area contributed by atoms with E-state index in [2.05, 4.69) is 5.32 Å². The fourth-order valence-electron chi connectivity index (χ4n) is 3.02. The summed E-state index contributed by atoms with van der Waals surface area (Å²) < 4.78 is 0. The number of amides is 1. The summed E-state index contributed by atoms with van der Waals surface area (Å²) in [6, 6.07) is 0.0333. The summed E-state index contributed by atoms with van der Waals surface area (Å²) in [5.74, 6) is -1.07. The van der Waals surface area contributed by atoms with Crippen molar-refractivity contribution in [3.63, 3.8) is 0 Å². The van der Waals surface area contributed by atoms with Crippen molar-refractivity contribution < 1.29 is 19.8 Å². The molecule has 1 saturated carbocycles. The van der Waals surface area contributed by atoms with Gasteiger partial charge in [-0.1, -0.05) is 6.92 Å². The average Bonchev–Trinajstić information content (AvgIpc) is 2.36. The van der Waals surface area contributed by atoms with E-state index in [1.165, 1.54) is 0 Å². The molecule has 116 valence electrons. The van der Waals surface area contributed by atoms with Crippen LogP contribution in [0.2, 0.25) is 0 Å². The van der Waals surface area contributed by atoms with E-state index >= 15 is 0 Å². The number of aldehydes is 1. The van der Waals surface area contributed by atoms with Crippen molar-refractivity contribution in [2.75, 3.05) is 0 Å². The molecule has 6 unspecified atom stereocenters. The summed E-state index contributed by atoms with van der Waals surface area (Å²) in [7, 11) is 0.